The summed E-state index contributed by atoms with van der Waals surface area (Å²) in [7, 11) is 1.56. The van der Waals surface area contributed by atoms with Crippen molar-refractivity contribution in [2.75, 3.05) is 13.7 Å². The molecule has 1 aromatic carbocycles. The van der Waals surface area contributed by atoms with E-state index in [1.54, 1.807) is 7.11 Å². The van der Waals surface area contributed by atoms with E-state index >= 15 is 0 Å². The number of aliphatic hydroxyl groups is 1. The van der Waals surface area contributed by atoms with Crippen molar-refractivity contribution in [3.63, 3.8) is 0 Å². The molecular weight excluding hydrogens is 228 g/mol. The maximum atomic E-state index is 12.1. The predicted molar refractivity (Wildman–Crippen MR) is 72.3 cm³/mol. The van der Waals surface area contributed by atoms with E-state index < -0.39 is 0 Å². The molecule has 0 amide bonds. The summed E-state index contributed by atoms with van der Waals surface area (Å²) < 4.78 is 5.23. The van der Waals surface area contributed by atoms with Crippen molar-refractivity contribution in [2.24, 2.45) is 0 Å². The van der Waals surface area contributed by atoms with Gasteiger partial charge in [0.05, 0.1) is 12.7 Å². The average molecular weight is 250 g/mol. The maximum absolute atomic E-state index is 12.1. The van der Waals surface area contributed by atoms with Gasteiger partial charge in [-0.05, 0) is 29.5 Å². The van der Waals surface area contributed by atoms with Crippen LogP contribution in [-0.2, 0) is 5.41 Å². The molecule has 3 nitrogen and oxygen atoms in total. The van der Waals surface area contributed by atoms with Crippen LogP contribution in [0, 0.1) is 0 Å². The highest BCUT2D eigenvalue weighted by Crippen LogP contribution is 2.28. The topological polar surface area (TPSA) is 46.5 Å². The van der Waals surface area contributed by atoms with Gasteiger partial charge in [-0.2, -0.15) is 0 Å². The number of ketones is 1. The van der Waals surface area contributed by atoms with E-state index in [1.165, 1.54) is 0 Å². The Kier molecular flexibility index (Phi) is 4.91. The van der Waals surface area contributed by atoms with E-state index in [2.05, 4.69) is 20.8 Å². The lowest BCUT2D eigenvalue weighted by molar-refractivity contribution is 0.0968. The van der Waals surface area contributed by atoms with E-state index in [0.29, 0.717) is 24.2 Å². The van der Waals surface area contributed by atoms with E-state index in [4.69, 9.17) is 9.84 Å². The lowest BCUT2D eigenvalue weighted by Crippen LogP contribution is -2.13. The van der Waals surface area contributed by atoms with Crippen LogP contribution in [0.15, 0.2) is 18.2 Å². The van der Waals surface area contributed by atoms with Crippen LogP contribution in [0.2, 0.25) is 0 Å². The van der Waals surface area contributed by atoms with Gasteiger partial charge in [-0.3, -0.25) is 4.79 Å². The molecule has 3 heteroatoms. The fourth-order valence-electron chi connectivity index (χ4n) is 1.77. The Bertz CT molecular complexity index is 416. The molecule has 0 fully saturated rings. The van der Waals surface area contributed by atoms with Crippen LogP contribution in [0.3, 0.4) is 0 Å². The molecule has 0 bridgehead atoms. The molecule has 0 aromatic heterocycles. The SMILES string of the molecule is COc1ccc(C(C)(C)C)cc1C(=O)CCCO. The fourth-order valence-corrected chi connectivity index (χ4v) is 1.77. The molecular formula is C15H22O3. The largest absolute Gasteiger partial charge is 0.496 e. The minimum absolute atomic E-state index is 0.00171. The summed E-state index contributed by atoms with van der Waals surface area (Å²) in [5.41, 5.74) is 1.71. The Morgan fingerprint density at radius 3 is 2.50 bits per heavy atom. The zero-order valence-corrected chi connectivity index (χ0v) is 11.6. The van der Waals surface area contributed by atoms with Crippen molar-refractivity contribution < 1.29 is 14.6 Å². The highest BCUT2D eigenvalue weighted by molar-refractivity contribution is 5.98. The van der Waals surface area contributed by atoms with Gasteiger partial charge in [0, 0.05) is 13.0 Å². The third-order valence-corrected chi connectivity index (χ3v) is 2.93. The van der Waals surface area contributed by atoms with Crippen molar-refractivity contribution in [1.82, 2.24) is 0 Å². The molecule has 0 aliphatic carbocycles. The van der Waals surface area contributed by atoms with Crippen molar-refractivity contribution in [3.05, 3.63) is 29.3 Å². The molecule has 0 saturated heterocycles. The molecule has 1 aromatic rings. The third-order valence-electron chi connectivity index (χ3n) is 2.93. The number of methoxy groups -OCH3 is 1. The van der Waals surface area contributed by atoms with Crippen molar-refractivity contribution in [2.45, 2.75) is 39.0 Å². The van der Waals surface area contributed by atoms with E-state index in [1.807, 2.05) is 18.2 Å². The summed E-state index contributed by atoms with van der Waals surface area (Å²) in [4.78, 5) is 12.1. The Balaban J connectivity index is 3.10. The third kappa shape index (κ3) is 3.57. The minimum Gasteiger partial charge on any atom is -0.496 e. The van der Waals surface area contributed by atoms with Crippen molar-refractivity contribution in [1.29, 1.82) is 0 Å². The van der Waals surface area contributed by atoms with Gasteiger partial charge in [0.2, 0.25) is 0 Å². The van der Waals surface area contributed by atoms with Gasteiger partial charge in [-0.15, -0.1) is 0 Å². The predicted octanol–water partition coefficient (Wildman–Crippen LogP) is 2.95. The zero-order valence-electron chi connectivity index (χ0n) is 11.6. The van der Waals surface area contributed by atoms with Crippen LogP contribution in [-0.4, -0.2) is 24.6 Å². The van der Waals surface area contributed by atoms with Gasteiger partial charge >= 0.3 is 0 Å². The molecule has 100 valence electrons. The number of Topliss-reactive ketones (excluding diaryl/α,β-unsaturated/α-hetero) is 1. The lowest BCUT2D eigenvalue weighted by atomic mass is 9.85. The van der Waals surface area contributed by atoms with E-state index in [9.17, 15) is 4.79 Å². The first-order valence-electron chi connectivity index (χ1n) is 6.22. The molecule has 0 saturated carbocycles. The molecule has 0 aliphatic heterocycles. The van der Waals surface area contributed by atoms with Crippen LogP contribution < -0.4 is 4.74 Å². The number of hydrogen-bond acceptors (Lipinski definition) is 3. The van der Waals surface area contributed by atoms with Gasteiger partial charge in [-0.1, -0.05) is 26.8 Å². The zero-order chi connectivity index (χ0) is 13.8. The first kappa shape index (κ1) is 14.7. The summed E-state index contributed by atoms with van der Waals surface area (Å²) in [6.07, 6.45) is 0.836. The molecule has 18 heavy (non-hydrogen) atoms. The Morgan fingerprint density at radius 2 is 2.00 bits per heavy atom. The summed E-state index contributed by atoms with van der Waals surface area (Å²) in [6, 6.07) is 5.73. The molecule has 1 rings (SSSR count). The summed E-state index contributed by atoms with van der Waals surface area (Å²) in [5, 5.41) is 8.79. The van der Waals surface area contributed by atoms with Crippen molar-refractivity contribution >= 4 is 5.78 Å². The van der Waals surface area contributed by atoms with Gasteiger partial charge in [0.15, 0.2) is 5.78 Å². The Morgan fingerprint density at radius 1 is 1.33 bits per heavy atom. The molecule has 0 heterocycles. The second kappa shape index (κ2) is 6.01. The van der Waals surface area contributed by atoms with E-state index in [0.717, 1.165) is 5.56 Å². The van der Waals surface area contributed by atoms with Crippen molar-refractivity contribution in [3.8, 4) is 5.75 Å². The molecule has 0 atom stereocenters. The Labute approximate surface area is 109 Å². The fraction of sp³-hybridized carbons (Fsp3) is 0.533. The highest BCUT2D eigenvalue weighted by atomic mass is 16.5. The van der Waals surface area contributed by atoms with Crippen LogP contribution in [0.4, 0.5) is 0 Å². The second-order valence-electron chi connectivity index (χ2n) is 5.42. The molecule has 0 unspecified atom stereocenters. The van der Waals surface area contributed by atoms with Crippen LogP contribution in [0.25, 0.3) is 0 Å². The molecule has 0 spiro atoms. The number of carbonyl (C=O) groups is 1. The first-order chi connectivity index (χ1) is 8.40. The van der Waals surface area contributed by atoms with Crippen LogP contribution in [0.5, 0.6) is 5.75 Å². The standard InChI is InChI=1S/C15H22O3/c1-15(2,3)11-7-8-14(18-4)12(10-11)13(17)6-5-9-16/h7-8,10,16H,5-6,9H2,1-4H3. The van der Waals surface area contributed by atoms with Crippen LogP contribution >= 0.6 is 0 Å². The number of ether oxygens (including phenoxy) is 1. The summed E-state index contributed by atoms with van der Waals surface area (Å²) in [5.74, 6) is 0.623. The number of carbonyl (C=O) groups excluding carboxylic acids is 1. The smallest absolute Gasteiger partial charge is 0.166 e. The van der Waals surface area contributed by atoms with Gasteiger partial charge in [0.1, 0.15) is 5.75 Å². The number of aliphatic hydroxyl groups excluding tert-OH is 1. The average Bonchev–Trinajstić information content (AvgIpc) is 2.34. The quantitative estimate of drug-likeness (QED) is 0.817. The molecule has 0 radical (unpaired) electrons. The number of rotatable bonds is 5. The number of hydrogen-bond donors (Lipinski definition) is 1. The second-order valence-corrected chi connectivity index (χ2v) is 5.42. The van der Waals surface area contributed by atoms with Gasteiger partial charge < -0.3 is 9.84 Å². The maximum Gasteiger partial charge on any atom is 0.166 e. The monoisotopic (exact) mass is 250 g/mol. The summed E-state index contributed by atoms with van der Waals surface area (Å²) in [6.45, 7) is 6.36. The lowest BCUT2D eigenvalue weighted by Gasteiger charge is -2.20. The van der Waals surface area contributed by atoms with E-state index in [-0.39, 0.29) is 17.8 Å². The first-order valence-corrected chi connectivity index (χ1v) is 6.22. The Hall–Kier alpha value is -1.35. The molecule has 1 N–H and O–H groups in total. The van der Waals surface area contributed by atoms with Gasteiger partial charge in [0.25, 0.3) is 0 Å². The van der Waals surface area contributed by atoms with Crippen LogP contribution in [0.1, 0.15) is 49.5 Å². The summed E-state index contributed by atoms with van der Waals surface area (Å²) >= 11 is 0. The highest BCUT2D eigenvalue weighted by Gasteiger charge is 2.18. The minimum atomic E-state index is -0.00171. The normalized spacial score (nSPS) is 11.4. The number of benzene rings is 1. The molecule has 0 aliphatic rings. The van der Waals surface area contributed by atoms with Gasteiger partial charge in [-0.25, -0.2) is 0 Å².